The summed E-state index contributed by atoms with van der Waals surface area (Å²) < 4.78 is 0. The number of carbonyl (C=O) groups is 1. The summed E-state index contributed by atoms with van der Waals surface area (Å²) in [6.45, 7) is 4.07. The minimum Gasteiger partial charge on any atom is -0.387 e. The summed E-state index contributed by atoms with van der Waals surface area (Å²) in [5.74, 6) is 0.409. The van der Waals surface area contributed by atoms with Gasteiger partial charge in [-0.05, 0) is 32.8 Å². The molecule has 0 aliphatic carbocycles. The van der Waals surface area contributed by atoms with Crippen LogP contribution in [0.1, 0.15) is 31.3 Å². The van der Waals surface area contributed by atoms with E-state index < -0.39 is 12.1 Å². The molecule has 0 unspecified atom stereocenters. The normalized spacial score (nSPS) is 24.1. The minimum absolute atomic E-state index is 0.255. The summed E-state index contributed by atoms with van der Waals surface area (Å²) in [5, 5.41) is 9.00. The number of rotatable bonds is 2. The Bertz CT molecular complexity index is 436. The molecule has 5 heteroatoms. The number of aliphatic hydroxyl groups is 1. The van der Waals surface area contributed by atoms with E-state index in [9.17, 15) is 4.79 Å². The Labute approximate surface area is 100 Å². The maximum atomic E-state index is 11.7. The van der Waals surface area contributed by atoms with Crippen molar-refractivity contribution in [2.24, 2.45) is 0 Å². The first-order valence-corrected chi connectivity index (χ1v) is 5.79. The highest BCUT2D eigenvalue weighted by Crippen LogP contribution is 2.36. The molecule has 0 bridgehead atoms. The molecule has 1 aromatic heterocycles. The summed E-state index contributed by atoms with van der Waals surface area (Å²) in [4.78, 5) is 22.1. The van der Waals surface area contributed by atoms with Crippen molar-refractivity contribution >= 4 is 5.91 Å². The average molecular weight is 235 g/mol. The fourth-order valence-electron chi connectivity index (χ4n) is 2.39. The molecule has 1 N–H and O–H groups in total. The fraction of sp³-hybridized carbons (Fsp3) is 0.583. The summed E-state index contributed by atoms with van der Waals surface area (Å²) >= 11 is 0. The molecule has 0 spiro atoms. The number of aromatic nitrogens is 2. The molecular formula is C12H17N3O2. The van der Waals surface area contributed by atoms with Crippen molar-refractivity contribution in [2.75, 3.05) is 13.2 Å². The van der Waals surface area contributed by atoms with Gasteiger partial charge in [-0.2, -0.15) is 0 Å². The lowest BCUT2D eigenvalue weighted by Gasteiger charge is -2.33. The Morgan fingerprint density at radius 2 is 2.41 bits per heavy atom. The zero-order valence-electron chi connectivity index (χ0n) is 10.2. The summed E-state index contributed by atoms with van der Waals surface area (Å²) in [6.07, 6.45) is 3.46. The average Bonchev–Trinajstić information content (AvgIpc) is 2.72. The Hall–Kier alpha value is -1.49. The van der Waals surface area contributed by atoms with Crippen molar-refractivity contribution in [1.82, 2.24) is 14.9 Å². The van der Waals surface area contributed by atoms with Crippen molar-refractivity contribution in [2.45, 2.75) is 32.2 Å². The van der Waals surface area contributed by atoms with Gasteiger partial charge < -0.3 is 10.0 Å². The van der Waals surface area contributed by atoms with Crippen molar-refractivity contribution < 1.29 is 9.90 Å². The van der Waals surface area contributed by atoms with E-state index in [1.807, 2.05) is 19.9 Å². The number of hydrogen-bond acceptors (Lipinski definition) is 4. The van der Waals surface area contributed by atoms with Gasteiger partial charge >= 0.3 is 0 Å². The van der Waals surface area contributed by atoms with E-state index in [1.165, 1.54) is 0 Å². The maximum Gasteiger partial charge on any atom is 0.249 e. The van der Waals surface area contributed by atoms with E-state index in [-0.39, 0.29) is 5.91 Å². The van der Waals surface area contributed by atoms with Crippen molar-refractivity contribution in [3.05, 3.63) is 23.8 Å². The Morgan fingerprint density at radius 1 is 1.65 bits per heavy atom. The standard InChI is InChI=1S/C12H17N3O2/c1-9-4-6-13-11(14-9)12(2)5-3-7-15(12)10(17)8-16/h4,6,16H,3,5,7-8H2,1-2H3/t12-/m0/s1. The highest BCUT2D eigenvalue weighted by molar-refractivity contribution is 5.78. The molecule has 92 valence electrons. The molecule has 1 aromatic rings. The van der Waals surface area contributed by atoms with Crippen molar-refractivity contribution in [3.63, 3.8) is 0 Å². The molecule has 1 aliphatic heterocycles. The molecule has 2 heterocycles. The van der Waals surface area contributed by atoms with Crippen LogP contribution in [0.25, 0.3) is 0 Å². The lowest BCUT2D eigenvalue weighted by Crippen LogP contribution is -2.45. The predicted molar refractivity (Wildman–Crippen MR) is 62.2 cm³/mol. The van der Waals surface area contributed by atoms with Crippen LogP contribution >= 0.6 is 0 Å². The number of hydrogen-bond donors (Lipinski definition) is 1. The largest absolute Gasteiger partial charge is 0.387 e. The van der Waals surface area contributed by atoms with Gasteiger partial charge in [-0.25, -0.2) is 9.97 Å². The van der Waals surface area contributed by atoms with Crippen LogP contribution in [0.3, 0.4) is 0 Å². The number of carbonyl (C=O) groups excluding carboxylic acids is 1. The van der Waals surface area contributed by atoms with Crippen LogP contribution < -0.4 is 0 Å². The van der Waals surface area contributed by atoms with Crippen LogP contribution in [0.2, 0.25) is 0 Å². The Morgan fingerprint density at radius 3 is 3.06 bits per heavy atom. The topological polar surface area (TPSA) is 66.3 Å². The Balaban J connectivity index is 2.37. The van der Waals surface area contributed by atoms with Crippen molar-refractivity contribution in [3.8, 4) is 0 Å². The highest BCUT2D eigenvalue weighted by Gasteiger charge is 2.42. The fourth-order valence-corrected chi connectivity index (χ4v) is 2.39. The number of aliphatic hydroxyl groups excluding tert-OH is 1. The van der Waals surface area contributed by atoms with Crippen LogP contribution in [0.15, 0.2) is 12.3 Å². The third-order valence-corrected chi connectivity index (χ3v) is 3.35. The molecule has 2 rings (SSSR count). The van der Waals surface area contributed by atoms with E-state index in [0.717, 1.165) is 18.5 Å². The van der Waals surface area contributed by atoms with Gasteiger partial charge in [0.1, 0.15) is 6.61 Å². The lowest BCUT2D eigenvalue weighted by molar-refractivity contribution is -0.138. The summed E-state index contributed by atoms with van der Waals surface area (Å²) in [6, 6.07) is 1.83. The lowest BCUT2D eigenvalue weighted by atomic mass is 9.97. The SMILES string of the molecule is Cc1ccnc([C@]2(C)CCCN2C(=O)CO)n1. The van der Waals surface area contributed by atoms with Crippen LogP contribution in [0, 0.1) is 6.92 Å². The number of nitrogens with zero attached hydrogens (tertiary/aromatic N) is 3. The number of aryl methyl sites for hydroxylation is 1. The molecule has 5 nitrogen and oxygen atoms in total. The van der Waals surface area contributed by atoms with Crippen molar-refractivity contribution in [1.29, 1.82) is 0 Å². The van der Waals surface area contributed by atoms with Gasteiger partial charge in [-0.15, -0.1) is 0 Å². The highest BCUT2D eigenvalue weighted by atomic mass is 16.3. The smallest absolute Gasteiger partial charge is 0.249 e. The second-order valence-electron chi connectivity index (χ2n) is 4.60. The first-order valence-electron chi connectivity index (χ1n) is 5.79. The molecule has 1 atom stereocenters. The van der Waals surface area contributed by atoms with Gasteiger partial charge in [0.25, 0.3) is 0 Å². The Kier molecular flexibility index (Phi) is 3.11. The third kappa shape index (κ3) is 2.02. The molecule has 0 aromatic carbocycles. The van der Waals surface area contributed by atoms with Crippen LogP contribution in [-0.2, 0) is 10.3 Å². The summed E-state index contributed by atoms with van der Waals surface area (Å²) in [5.41, 5.74) is 0.408. The second-order valence-corrected chi connectivity index (χ2v) is 4.60. The molecular weight excluding hydrogens is 218 g/mol. The predicted octanol–water partition coefficient (Wildman–Crippen LogP) is 0.615. The number of amides is 1. The van der Waals surface area contributed by atoms with Crippen LogP contribution in [0.4, 0.5) is 0 Å². The molecule has 1 fully saturated rings. The van der Waals surface area contributed by atoms with Gasteiger partial charge in [0, 0.05) is 18.4 Å². The first kappa shape index (κ1) is 12.0. The first-order chi connectivity index (χ1) is 8.08. The van der Waals surface area contributed by atoms with Gasteiger partial charge in [0.05, 0.1) is 5.54 Å². The zero-order chi connectivity index (χ0) is 12.5. The number of likely N-dealkylation sites (tertiary alicyclic amines) is 1. The van der Waals surface area contributed by atoms with Crippen LogP contribution in [-0.4, -0.2) is 39.0 Å². The second kappa shape index (κ2) is 4.41. The molecule has 1 amide bonds. The van der Waals surface area contributed by atoms with Gasteiger partial charge in [0.2, 0.25) is 5.91 Å². The molecule has 1 aliphatic rings. The zero-order valence-corrected chi connectivity index (χ0v) is 10.2. The van der Waals surface area contributed by atoms with E-state index in [0.29, 0.717) is 12.4 Å². The quantitative estimate of drug-likeness (QED) is 0.815. The maximum absolute atomic E-state index is 11.7. The van der Waals surface area contributed by atoms with Gasteiger partial charge in [-0.3, -0.25) is 4.79 Å². The molecule has 1 saturated heterocycles. The molecule has 0 radical (unpaired) electrons. The monoisotopic (exact) mass is 235 g/mol. The van der Waals surface area contributed by atoms with E-state index in [1.54, 1.807) is 11.1 Å². The molecule has 17 heavy (non-hydrogen) atoms. The summed E-state index contributed by atoms with van der Waals surface area (Å²) in [7, 11) is 0. The van der Waals surface area contributed by atoms with E-state index >= 15 is 0 Å². The van der Waals surface area contributed by atoms with Crippen LogP contribution in [0.5, 0.6) is 0 Å². The third-order valence-electron chi connectivity index (χ3n) is 3.35. The van der Waals surface area contributed by atoms with Gasteiger partial charge in [-0.1, -0.05) is 0 Å². The minimum atomic E-state index is -0.480. The van der Waals surface area contributed by atoms with E-state index in [2.05, 4.69) is 9.97 Å². The van der Waals surface area contributed by atoms with Gasteiger partial charge in [0.15, 0.2) is 5.82 Å². The van der Waals surface area contributed by atoms with E-state index in [4.69, 9.17) is 5.11 Å². The molecule has 0 saturated carbocycles.